The maximum atomic E-state index is 5.93. The molecule has 0 aliphatic carbocycles. The molecule has 0 unspecified atom stereocenters. The van der Waals surface area contributed by atoms with Crippen LogP contribution in [0.25, 0.3) is 10.8 Å². The summed E-state index contributed by atoms with van der Waals surface area (Å²) >= 11 is 0. The van der Waals surface area contributed by atoms with Crippen LogP contribution in [0.1, 0.15) is 26.7 Å². The van der Waals surface area contributed by atoms with Gasteiger partial charge in [-0.15, -0.1) is 0 Å². The Bertz CT molecular complexity index is 634. The molecule has 0 saturated carbocycles. The van der Waals surface area contributed by atoms with Gasteiger partial charge < -0.3 is 14.4 Å². The molecular formula is C18H24N2O2. The maximum absolute atomic E-state index is 5.93. The van der Waals surface area contributed by atoms with Crippen LogP contribution in [0.15, 0.2) is 30.5 Å². The normalized spacial score (nSPS) is 16.5. The molecule has 1 saturated heterocycles. The van der Waals surface area contributed by atoms with Gasteiger partial charge in [0.25, 0.3) is 0 Å². The zero-order chi connectivity index (χ0) is 15.5. The van der Waals surface area contributed by atoms with E-state index < -0.39 is 0 Å². The van der Waals surface area contributed by atoms with E-state index in [4.69, 9.17) is 9.47 Å². The lowest BCUT2D eigenvalue weighted by Crippen LogP contribution is -2.38. The third-order valence-electron chi connectivity index (χ3n) is 4.17. The number of hydrogen-bond donors (Lipinski definition) is 0. The van der Waals surface area contributed by atoms with Crippen molar-refractivity contribution >= 4 is 16.6 Å². The fourth-order valence-electron chi connectivity index (χ4n) is 3.18. The molecule has 0 atom stereocenters. The van der Waals surface area contributed by atoms with Gasteiger partial charge in [0.05, 0.1) is 19.3 Å². The molecule has 0 radical (unpaired) electrons. The van der Waals surface area contributed by atoms with E-state index in [2.05, 4.69) is 29.8 Å². The molecule has 118 valence electrons. The average Bonchev–Trinajstić information content (AvgIpc) is 2.54. The Kier molecular flexibility index (Phi) is 4.48. The third-order valence-corrected chi connectivity index (χ3v) is 4.17. The molecule has 4 nitrogen and oxygen atoms in total. The van der Waals surface area contributed by atoms with Crippen LogP contribution in [0.2, 0.25) is 0 Å². The third kappa shape index (κ3) is 3.02. The van der Waals surface area contributed by atoms with Crippen molar-refractivity contribution in [2.24, 2.45) is 0 Å². The van der Waals surface area contributed by atoms with E-state index in [1.165, 1.54) is 0 Å². The highest BCUT2D eigenvalue weighted by atomic mass is 16.5. The number of piperidine rings is 1. The molecule has 0 N–H and O–H groups in total. The van der Waals surface area contributed by atoms with Crippen LogP contribution in [0.3, 0.4) is 0 Å². The van der Waals surface area contributed by atoms with Crippen molar-refractivity contribution in [3.8, 4) is 5.75 Å². The quantitative estimate of drug-likeness (QED) is 0.863. The largest absolute Gasteiger partial charge is 0.496 e. The van der Waals surface area contributed by atoms with E-state index in [9.17, 15) is 0 Å². The summed E-state index contributed by atoms with van der Waals surface area (Å²) in [6, 6.07) is 8.17. The lowest BCUT2D eigenvalue weighted by atomic mass is 10.1. The fourth-order valence-corrected chi connectivity index (χ4v) is 3.18. The first-order valence-corrected chi connectivity index (χ1v) is 8.01. The summed E-state index contributed by atoms with van der Waals surface area (Å²) in [5.74, 6) is 1.96. The topological polar surface area (TPSA) is 34.6 Å². The minimum absolute atomic E-state index is 0.302. The second-order valence-corrected chi connectivity index (χ2v) is 6.06. The Hall–Kier alpha value is -1.81. The molecule has 2 aromatic rings. The molecule has 2 heterocycles. The Labute approximate surface area is 132 Å². The van der Waals surface area contributed by atoms with E-state index in [0.29, 0.717) is 12.2 Å². The van der Waals surface area contributed by atoms with Crippen molar-refractivity contribution in [2.75, 3.05) is 25.1 Å². The van der Waals surface area contributed by atoms with Gasteiger partial charge in [-0.2, -0.15) is 0 Å². The average molecular weight is 300 g/mol. The number of fused-ring (bicyclic) bond motifs is 1. The van der Waals surface area contributed by atoms with Crippen molar-refractivity contribution in [3.63, 3.8) is 0 Å². The van der Waals surface area contributed by atoms with Crippen molar-refractivity contribution in [2.45, 2.75) is 38.9 Å². The van der Waals surface area contributed by atoms with Crippen molar-refractivity contribution in [3.05, 3.63) is 30.5 Å². The predicted molar refractivity (Wildman–Crippen MR) is 89.8 cm³/mol. The second-order valence-electron chi connectivity index (χ2n) is 6.06. The van der Waals surface area contributed by atoms with Gasteiger partial charge in [-0.1, -0.05) is 12.1 Å². The predicted octanol–water partition coefficient (Wildman–Crippen LogP) is 3.64. The first-order chi connectivity index (χ1) is 10.7. The van der Waals surface area contributed by atoms with Gasteiger partial charge >= 0.3 is 0 Å². The van der Waals surface area contributed by atoms with Gasteiger partial charge in [0, 0.05) is 30.1 Å². The highest BCUT2D eigenvalue weighted by molar-refractivity contribution is 5.96. The van der Waals surface area contributed by atoms with Gasteiger partial charge in [0.2, 0.25) is 0 Å². The minimum Gasteiger partial charge on any atom is -0.496 e. The number of anilines is 1. The van der Waals surface area contributed by atoms with Crippen LogP contribution in [0.4, 0.5) is 5.82 Å². The number of benzene rings is 1. The van der Waals surface area contributed by atoms with Crippen LogP contribution in [-0.2, 0) is 4.74 Å². The molecule has 0 amide bonds. The molecule has 1 aromatic heterocycles. The van der Waals surface area contributed by atoms with E-state index >= 15 is 0 Å². The van der Waals surface area contributed by atoms with Gasteiger partial charge in [0.1, 0.15) is 11.6 Å². The number of ether oxygens (including phenoxy) is 2. The molecule has 4 heteroatoms. The molecule has 22 heavy (non-hydrogen) atoms. The Morgan fingerprint density at radius 1 is 1.14 bits per heavy atom. The monoisotopic (exact) mass is 300 g/mol. The van der Waals surface area contributed by atoms with Crippen molar-refractivity contribution in [1.29, 1.82) is 0 Å². The molecule has 1 fully saturated rings. The summed E-state index contributed by atoms with van der Waals surface area (Å²) in [6.07, 6.45) is 4.66. The standard InChI is InChI=1S/C18H24N2O2/c1-13(2)22-14-8-11-20(12-9-14)18-16-5-4-6-17(21-3)15(16)7-10-19-18/h4-7,10,13-14H,8-9,11-12H2,1-3H3. The number of rotatable bonds is 4. The van der Waals surface area contributed by atoms with E-state index in [1.54, 1.807) is 7.11 Å². The van der Waals surface area contributed by atoms with Crippen molar-refractivity contribution in [1.82, 2.24) is 4.98 Å². The van der Waals surface area contributed by atoms with Gasteiger partial charge in [-0.3, -0.25) is 0 Å². The molecule has 0 spiro atoms. The first kappa shape index (κ1) is 15.1. The summed E-state index contributed by atoms with van der Waals surface area (Å²) < 4.78 is 11.4. The minimum atomic E-state index is 0.302. The lowest BCUT2D eigenvalue weighted by molar-refractivity contribution is -0.00482. The summed E-state index contributed by atoms with van der Waals surface area (Å²) in [6.45, 7) is 6.18. The molecule has 1 aromatic carbocycles. The fraction of sp³-hybridized carbons (Fsp3) is 0.500. The maximum Gasteiger partial charge on any atom is 0.136 e. The first-order valence-electron chi connectivity index (χ1n) is 8.01. The number of nitrogens with zero attached hydrogens (tertiary/aromatic N) is 2. The Balaban J connectivity index is 1.83. The van der Waals surface area contributed by atoms with E-state index in [-0.39, 0.29) is 0 Å². The summed E-state index contributed by atoms with van der Waals surface area (Å²) in [5.41, 5.74) is 0. The number of methoxy groups -OCH3 is 1. The molecular weight excluding hydrogens is 276 g/mol. The van der Waals surface area contributed by atoms with E-state index in [1.807, 2.05) is 24.4 Å². The van der Waals surface area contributed by atoms with Gasteiger partial charge in [-0.25, -0.2) is 4.98 Å². The Morgan fingerprint density at radius 3 is 2.59 bits per heavy atom. The van der Waals surface area contributed by atoms with Gasteiger partial charge in [0.15, 0.2) is 0 Å². The smallest absolute Gasteiger partial charge is 0.136 e. The van der Waals surface area contributed by atoms with Crippen LogP contribution in [0.5, 0.6) is 5.75 Å². The van der Waals surface area contributed by atoms with Crippen molar-refractivity contribution < 1.29 is 9.47 Å². The van der Waals surface area contributed by atoms with Crippen LogP contribution < -0.4 is 9.64 Å². The summed E-state index contributed by atoms with van der Waals surface area (Å²) in [4.78, 5) is 6.98. The number of aromatic nitrogens is 1. The summed E-state index contributed by atoms with van der Waals surface area (Å²) in [5, 5.41) is 2.28. The highest BCUT2D eigenvalue weighted by Crippen LogP contribution is 2.32. The lowest BCUT2D eigenvalue weighted by Gasteiger charge is -2.34. The zero-order valence-electron chi connectivity index (χ0n) is 13.6. The van der Waals surface area contributed by atoms with Crippen LogP contribution in [0, 0.1) is 0 Å². The molecule has 1 aliphatic rings. The molecule has 0 bridgehead atoms. The molecule has 1 aliphatic heterocycles. The highest BCUT2D eigenvalue weighted by Gasteiger charge is 2.22. The zero-order valence-corrected chi connectivity index (χ0v) is 13.6. The SMILES string of the molecule is COc1cccc2c(N3CCC(OC(C)C)CC3)nccc12. The Morgan fingerprint density at radius 2 is 1.91 bits per heavy atom. The summed E-state index contributed by atoms with van der Waals surface area (Å²) in [7, 11) is 1.71. The van der Waals surface area contributed by atoms with Crippen LogP contribution in [-0.4, -0.2) is 37.4 Å². The number of pyridine rings is 1. The van der Waals surface area contributed by atoms with Gasteiger partial charge in [-0.05, 0) is 38.8 Å². The molecule has 3 rings (SSSR count). The number of hydrogen-bond acceptors (Lipinski definition) is 4. The second kappa shape index (κ2) is 6.53. The van der Waals surface area contributed by atoms with Crippen LogP contribution >= 0.6 is 0 Å². The van der Waals surface area contributed by atoms with E-state index in [0.717, 1.165) is 48.3 Å².